The van der Waals surface area contributed by atoms with Crippen molar-refractivity contribution in [2.75, 3.05) is 25.0 Å². The number of hydrogen-bond donors (Lipinski definition) is 1. The fourth-order valence-corrected chi connectivity index (χ4v) is 4.89. The quantitative estimate of drug-likeness (QED) is 0.814. The number of thiophene rings is 1. The van der Waals surface area contributed by atoms with Crippen LogP contribution in [0, 0.1) is 36.9 Å². The second kappa shape index (κ2) is 7.12. The first-order chi connectivity index (χ1) is 13.3. The molecule has 1 fully saturated rings. The molecule has 1 saturated heterocycles. The fourth-order valence-electron chi connectivity index (χ4n) is 3.91. The van der Waals surface area contributed by atoms with Crippen molar-refractivity contribution < 1.29 is 4.39 Å². The van der Waals surface area contributed by atoms with Crippen molar-refractivity contribution in [3.63, 3.8) is 0 Å². The normalized spacial score (nSPS) is 23.3. The number of nitrogens with zero attached hydrogens (tertiary/aromatic N) is 6. The Kier molecular flexibility index (Phi) is 5.09. The zero-order chi connectivity index (χ0) is 20.2. The molecule has 9 heteroatoms. The summed E-state index contributed by atoms with van der Waals surface area (Å²) in [5, 5.41) is 9.26. The molecule has 0 spiro atoms. The Hall–Kier alpha value is -2.99. The van der Waals surface area contributed by atoms with Gasteiger partial charge in [0.05, 0.1) is 17.9 Å². The first-order valence-electron chi connectivity index (χ1n) is 8.81. The van der Waals surface area contributed by atoms with Crippen molar-refractivity contribution in [3.05, 3.63) is 51.4 Å². The third-order valence-electron chi connectivity index (χ3n) is 5.50. The second-order valence-corrected chi connectivity index (χ2v) is 8.25. The Labute approximate surface area is 174 Å². The van der Waals surface area contributed by atoms with Crippen LogP contribution in [0.3, 0.4) is 0 Å². The molecule has 7 nitrogen and oxygen atoms in total. The predicted molar refractivity (Wildman–Crippen MR) is 113 cm³/mol. The molecule has 2 aliphatic rings. The minimum atomic E-state index is -0.674. The molecule has 29 heavy (non-hydrogen) atoms. The van der Waals surface area contributed by atoms with Crippen LogP contribution in [0.25, 0.3) is 0 Å². The van der Waals surface area contributed by atoms with Crippen LogP contribution in [0.5, 0.6) is 0 Å². The molecule has 0 bridgehead atoms. The van der Waals surface area contributed by atoms with Gasteiger partial charge in [-0.05, 0) is 26.0 Å². The predicted octanol–water partition coefficient (Wildman–Crippen LogP) is 2.91. The summed E-state index contributed by atoms with van der Waals surface area (Å²) in [6.07, 6.45) is 0. The van der Waals surface area contributed by atoms with Gasteiger partial charge in [0.1, 0.15) is 16.5 Å². The number of aromatic nitrogens is 2. The Balaban J connectivity index is 0.00000240. The molecule has 152 valence electrons. The van der Waals surface area contributed by atoms with Crippen molar-refractivity contribution in [1.82, 2.24) is 14.9 Å². The maximum absolute atomic E-state index is 14.0. The molecule has 2 aliphatic heterocycles. The summed E-state index contributed by atoms with van der Waals surface area (Å²) in [6.45, 7) is 8.55. The Bertz CT molecular complexity index is 1030. The van der Waals surface area contributed by atoms with E-state index in [1.54, 1.807) is 24.8 Å². The van der Waals surface area contributed by atoms with E-state index in [4.69, 9.17) is 10.7 Å². The zero-order valence-electron chi connectivity index (χ0n) is 15.9. The molecule has 0 amide bonds. The van der Waals surface area contributed by atoms with E-state index in [0.29, 0.717) is 41.3 Å². The number of halogens is 1. The highest BCUT2D eigenvalue weighted by Crippen LogP contribution is 2.49. The van der Waals surface area contributed by atoms with E-state index < -0.39 is 11.4 Å². The van der Waals surface area contributed by atoms with Crippen LogP contribution in [-0.4, -0.2) is 41.0 Å². The van der Waals surface area contributed by atoms with Crippen molar-refractivity contribution in [2.24, 2.45) is 16.6 Å². The van der Waals surface area contributed by atoms with Gasteiger partial charge in [0.2, 0.25) is 5.95 Å². The molecule has 0 unspecified atom stereocenters. The lowest BCUT2D eigenvalue weighted by Crippen LogP contribution is -2.48. The van der Waals surface area contributed by atoms with Gasteiger partial charge >= 0.3 is 0 Å². The minimum absolute atomic E-state index is 0. The van der Waals surface area contributed by atoms with Crippen LogP contribution >= 0.6 is 11.3 Å². The number of nitriles is 1. The maximum Gasteiger partial charge on any atom is 0.226 e. The molecule has 0 radical (unpaired) electrons. The van der Waals surface area contributed by atoms with E-state index in [-0.39, 0.29) is 13.3 Å². The summed E-state index contributed by atoms with van der Waals surface area (Å²) in [4.78, 5) is 18.9. The Morgan fingerprint density at radius 3 is 2.59 bits per heavy atom. The van der Waals surface area contributed by atoms with Crippen LogP contribution < -0.4 is 10.6 Å². The first-order valence-corrected chi connectivity index (χ1v) is 9.62. The molecule has 2 aromatic heterocycles. The van der Waals surface area contributed by atoms with Gasteiger partial charge in [-0.2, -0.15) is 5.26 Å². The van der Waals surface area contributed by atoms with Gasteiger partial charge in [0.25, 0.3) is 0 Å². The first kappa shape index (κ1) is 20.7. The molecule has 0 saturated carbocycles. The average Bonchev–Trinajstić information content (AvgIpc) is 3.29. The lowest BCUT2D eigenvalue weighted by atomic mass is 9.82. The summed E-state index contributed by atoms with van der Waals surface area (Å²) in [6, 6.07) is 5.91. The van der Waals surface area contributed by atoms with E-state index in [2.05, 4.69) is 22.6 Å². The van der Waals surface area contributed by atoms with Gasteiger partial charge < -0.3 is 15.5 Å². The minimum Gasteiger partial charge on any atom is -0.370 e. The van der Waals surface area contributed by atoms with E-state index in [1.807, 2.05) is 18.0 Å². The van der Waals surface area contributed by atoms with Gasteiger partial charge in [-0.25, -0.2) is 19.4 Å². The Morgan fingerprint density at radius 1 is 1.34 bits per heavy atom. The van der Waals surface area contributed by atoms with Crippen molar-refractivity contribution >= 4 is 23.2 Å². The molecular weight excluding hydrogens is 389 g/mol. The van der Waals surface area contributed by atoms with Crippen LogP contribution in [-0.2, 0) is 5.54 Å². The van der Waals surface area contributed by atoms with Crippen molar-refractivity contribution in [3.8, 4) is 6.07 Å². The lowest BCUT2D eigenvalue weighted by Gasteiger charge is -2.39. The molecule has 4 heterocycles. The maximum atomic E-state index is 14.0. The standard InChI is InChI=1S/C19H20FN7S.CH4/c1-10-16(20)11(2)24-18(23-10)27-8-14-12(3)26(4)17(22)25-19(14,9-27)15-6-5-13(7-21)28-15;/h5-6,14H,3,8-9H2,1-2,4H3,(H2,22,25);1H4/t14-,19-;/m0./s1. The molecule has 2 atom stereocenters. The van der Waals surface area contributed by atoms with Gasteiger partial charge in [-0.3, -0.25) is 0 Å². The summed E-state index contributed by atoms with van der Waals surface area (Å²) >= 11 is 1.41. The van der Waals surface area contributed by atoms with Gasteiger partial charge in [-0.15, -0.1) is 11.3 Å². The smallest absolute Gasteiger partial charge is 0.226 e. The van der Waals surface area contributed by atoms with E-state index in [0.717, 1.165) is 10.6 Å². The zero-order valence-corrected chi connectivity index (χ0v) is 16.7. The van der Waals surface area contributed by atoms with Gasteiger partial charge in [0, 0.05) is 30.1 Å². The summed E-state index contributed by atoms with van der Waals surface area (Å²) < 4.78 is 14.0. The fraction of sp³-hybridized carbons (Fsp3) is 0.400. The number of guanidine groups is 1. The van der Waals surface area contributed by atoms with Crippen LogP contribution in [0.1, 0.15) is 28.6 Å². The summed E-state index contributed by atoms with van der Waals surface area (Å²) in [7, 11) is 1.84. The van der Waals surface area contributed by atoms with Crippen molar-refractivity contribution in [1.29, 1.82) is 5.26 Å². The van der Waals surface area contributed by atoms with Crippen LogP contribution in [0.2, 0.25) is 0 Å². The number of rotatable bonds is 2. The number of aryl methyl sites for hydroxylation is 2. The van der Waals surface area contributed by atoms with Gasteiger partial charge in [-0.1, -0.05) is 14.0 Å². The number of anilines is 1. The summed E-state index contributed by atoms with van der Waals surface area (Å²) in [5.41, 5.74) is 6.99. The molecule has 4 rings (SSSR count). The van der Waals surface area contributed by atoms with E-state index in [9.17, 15) is 9.65 Å². The lowest BCUT2D eigenvalue weighted by molar-refractivity contribution is 0.328. The van der Waals surface area contributed by atoms with Crippen LogP contribution in [0.4, 0.5) is 10.3 Å². The molecule has 2 N–H and O–H groups in total. The Morgan fingerprint density at radius 2 is 2.00 bits per heavy atom. The highest BCUT2D eigenvalue weighted by atomic mass is 32.1. The highest BCUT2D eigenvalue weighted by molar-refractivity contribution is 7.12. The topological polar surface area (TPSA) is 94.4 Å². The third-order valence-corrected chi connectivity index (χ3v) is 6.66. The highest BCUT2D eigenvalue weighted by Gasteiger charge is 2.54. The number of hydrogen-bond acceptors (Lipinski definition) is 8. The summed E-state index contributed by atoms with van der Waals surface area (Å²) in [5.74, 6) is 0.386. The second-order valence-electron chi connectivity index (χ2n) is 7.16. The third kappa shape index (κ3) is 3.04. The molecule has 0 aliphatic carbocycles. The number of nitrogens with two attached hydrogens (primary N) is 1. The van der Waals surface area contributed by atoms with E-state index >= 15 is 0 Å². The molecule has 2 aromatic rings. The SMILES string of the molecule is C.C=C1[C@@H]2CN(c3nc(C)c(F)c(C)n3)C[C@]2(c2ccc(C#N)s2)N=C(N)N1C. The monoisotopic (exact) mass is 413 g/mol. The van der Waals surface area contributed by atoms with Crippen LogP contribution in [0.15, 0.2) is 29.4 Å². The largest absolute Gasteiger partial charge is 0.370 e. The number of aliphatic imine (C=N–C) groups is 1. The average molecular weight is 414 g/mol. The van der Waals surface area contributed by atoms with Gasteiger partial charge in [0.15, 0.2) is 11.8 Å². The van der Waals surface area contributed by atoms with Crippen molar-refractivity contribution in [2.45, 2.75) is 26.8 Å². The molecule has 0 aromatic carbocycles. The number of fused-ring (bicyclic) bond motifs is 1. The van der Waals surface area contributed by atoms with E-state index in [1.165, 1.54) is 11.3 Å². The molecular formula is C20H24FN7S.